The Morgan fingerprint density at radius 3 is 2.33 bits per heavy atom. The first-order valence-electron chi connectivity index (χ1n) is 6.24. The van der Waals surface area contributed by atoms with Crippen molar-refractivity contribution >= 4 is 11.7 Å². The van der Waals surface area contributed by atoms with Crippen LogP contribution in [0.15, 0.2) is 24.3 Å². The van der Waals surface area contributed by atoms with Gasteiger partial charge in [0.25, 0.3) is 0 Å². The van der Waals surface area contributed by atoms with E-state index in [0.717, 1.165) is 12.1 Å². The highest BCUT2D eigenvalue weighted by Crippen LogP contribution is 2.30. The lowest BCUT2D eigenvalue weighted by Gasteiger charge is -2.29. The molecule has 1 aromatic carbocycles. The molecule has 0 atom stereocenters. The fraction of sp³-hybridized carbons (Fsp3) is 0.462. The molecule has 8 heteroatoms. The molecular weight excluding hydrogens is 289 g/mol. The minimum absolute atomic E-state index is 0.0387. The maximum absolute atomic E-state index is 12.5. The van der Waals surface area contributed by atoms with Gasteiger partial charge in [0.1, 0.15) is 0 Å². The van der Waals surface area contributed by atoms with E-state index in [1.807, 2.05) is 0 Å². The molecule has 0 spiro atoms. The summed E-state index contributed by atoms with van der Waals surface area (Å²) in [6.45, 7) is 0.670. The van der Waals surface area contributed by atoms with Gasteiger partial charge >= 0.3 is 12.2 Å². The van der Waals surface area contributed by atoms with Gasteiger partial charge in [0.2, 0.25) is 0 Å². The van der Waals surface area contributed by atoms with E-state index in [9.17, 15) is 28.2 Å². The number of hydrogen-bond donors (Lipinski definition) is 4. The summed E-state index contributed by atoms with van der Waals surface area (Å²) in [6.07, 6.45) is -4.24. The topological polar surface area (TPSA) is 81.6 Å². The van der Waals surface area contributed by atoms with E-state index in [-0.39, 0.29) is 12.1 Å². The van der Waals surface area contributed by atoms with Gasteiger partial charge in [0.15, 0.2) is 0 Å². The number of halogens is 3. The van der Waals surface area contributed by atoms with E-state index in [0.29, 0.717) is 0 Å². The molecule has 0 heterocycles. The Labute approximate surface area is 119 Å². The van der Waals surface area contributed by atoms with Crippen LogP contribution in [0.4, 0.5) is 23.7 Å². The largest absolute Gasteiger partial charge is 0.416 e. The fourth-order valence-electron chi connectivity index (χ4n) is 1.62. The number of urea groups is 1. The SMILES string of the molecule is CCC(CO)(CO)NC(=O)Nc1cccc(C(F)(F)F)c1. The number of carbonyl (C=O) groups is 1. The van der Waals surface area contributed by atoms with E-state index in [4.69, 9.17) is 0 Å². The first kappa shape index (κ1) is 17.3. The standard InChI is InChI=1S/C13H17F3N2O3/c1-2-12(7-19,8-20)18-11(21)17-10-5-3-4-9(6-10)13(14,15)16/h3-6,19-20H,2,7-8H2,1H3,(H2,17,18,21). The van der Waals surface area contributed by atoms with Gasteiger partial charge in [-0.1, -0.05) is 13.0 Å². The zero-order valence-electron chi connectivity index (χ0n) is 11.4. The highest BCUT2D eigenvalue weighted by Gasteiger charge is 2.31. The predicted molar refractivity (Wildman–Crippen MR) is 70.8 cm³/mol. The van der Waals surface area contributed by atoms with Gasteiger partial charge in [-0.25, -0.2) is 4.79 Å². The number of benzene rings is 1. The molecule has 0 aliphatic carbocycles. The minimum atomic E-state index is -4.50. The van der Waals surface area contributed by atoms with Crippen LogP contribution in [0.25, 0.3) is 0 Å². The van der Waals surface area contributed by atoms with E-state index < -0.39 is 36.5 Å². The summed E-state index contributed by atoms with van der Waals surface area (Å²) < 4.78 is 37.6. The molecule has 0 aromatic heterocycles. The van der Waals surface area contributed by atoms with Crippen molar-refractivity contribution in [2.45, 2.75) is 25.1 Å². The molecule has 0 radical (unpaired) electrons. The molecule has 0 aliphatic rings. The Bertz CT molecular complexity index is 480. The molecule has 1 aromatic rings. The summed E-state index contributed by atoms with van der Waals surface area (Å²) in [6, 6.07) is 3.36. The second kappa shape index (κ2) is 6.77. The number of hydrogen-bond acceptors (Lipinski definition) is 3. The Balaban J connectivity index is 2.80. The summed E-state index contributed by atoms with van der Waals surface area (Å²) in [5.74, 6) is 0. The number of anilines is 1. The molecule has 0 bridgehead atoms. The van der Waals surface area contributed by atoms with Gasteiger partial charge in [-0.15, -0.1) is 0 Å². The lowest BCUT2D eigenvalue weighted by Crippen LogP contribution is -2.55. The lowest BCUT2D eigenvalue weighted by molar-refractivity contribution is -0.137. The van der Waals surface area contributed by atoms with Gasteiger partial charge in [-0.3, -0.25) is 0 Å². The Kier molecular flexibility index (Phi) is 5.56. The highest BCUT2D eigenvalue weighted by atomic mass is 19.4. The second-order valence-corrected chi connectivity index (χ2v) is 4.61. The van der Waals surface area contributed by atoms with Crippen LogP contribution in [0.1, 0.15) is 18.9 Å². The molecule has 0 saturated carbocycles. The number of alkyl halides is 3. The summed E-state index contributed by atoms with van der Waals surface area (Å²) >= 11 is 0. The van der Waals surface area contributed by atoms with Crippen molar-refractivity contribution in [1.29, 1.82) is 0 Å². The molecule has 0 unspecified atom stereocenters. The minimum Gasteiger partial charge on any atom is -0.394 e. The van der Waals surface area contributed by atoms with Crippen molar-refractivity contribution < 1.29 is 28.2 Å². The number of aliphatic hydroxyl groups is 2. The van der Waals surface area contributed by atoms with Gasteiger partial charge in [-0.2, -0.15) is 13.2 Å². The van der Waals surface area contributed by atoms with Crippen molar-refractivity contribution in [2.75, 3.05) is 18.5 Å². The average Bonchev–Trinajstić information content (AvgIpc) is 2.44. The molecule has 0 fully saturated rings. The zero-order valence-corrected chi connectivity index (χ0v) is 11.4. The molecule has 0 saturated heterocycles. The fourth-order valence-corrected chi connectivity index (χ4v) is 1.62. The van der Waals surface area contributed by atoms with E-state index in [2.05, 4.69) is 10.6 Å². The molecule has 1 rings (SSSR count). The number of carbonyl (C=O) groups excluding carboxylic acids is 1. The second-order valence-electron chi connectivity index (χ2n) is 4.61. The highest BCUT2D eigenvalue weighted by molar-refractivity contribution is 5.89. The van der Waals surface area contributed by atoms with Crippen LogP contribution >= 0.6 is 0 Å². The molecule has 2 amide bonds. The van der Waals surface area contributed by atoms with Gasteiger partial charge in [0.05, 0.1) is 24.3 Å². The smallest absolute Gasteiger partial charge is 0.394 e. The molecule has 21 heavy (non-hydrogen) atoms. The van der Waals surface area contributed by atoms with Crippen LogP contribution in [0.3, 0.4) is 0 Å². The predicted octanol–water partition coefficient (Wildman–Crippen LogP) is 1.96. The van der Waals surface area contributed by atoms with Gasteiger partial charge in [-0.05, 0) is 24.6 Å². The third-order valence-corrected chi connectivity index (χ3v) is 3.11. The normalized spacial score (nSPS) is 12.1. The maximum Gasteiger partial charge on any atom is 0.416 e. The number of nitrogens with one attached hydrogen (secondary N) is 2. The van der Waals surface area contributed by atoms with Gasteiger partial charge < -0.3 is 20.8 Å². The van der Waals surface area contributed by atoms with Crippen LogP contribution in [0.2, 0.25) is 0 Å². The number of aliphatic hydroxyl groups excluding tert-OH is 2. The van der Waals surface area contributed by atoms with Crippen molar-refractivity contribution in [2.24, 2.45) is 0 Å². The third kappa shape index (κ3) is 4.61. The molecule has 5 nitrogen and oxygen atoms in total. The zero-order chi connectivity index (χ0) is 16.1. The van der Waals surface area contributed by atoms with Crippen LogP contribution in [-0.4, -0.2) is 35.0 Å². The van der Waals surface area contributed by atoms with Crippen molar-refractivity contribution in [3.8, 4) is 0 Å². The van der Waals surface area contributed by atoms with Crippen molar-refractivity contribution in [3.05, 3.63) is 29.8 Å². The van der Waals surface area contributed by atoms with Crippen molar-refractivity contribution in [3.63, 3.8) is 0 Å². The van der Waals surface area contributed by atoms with Gasteiger partial charge in [0, 0.05) is 5.69 Å². The summed E-state index contributed by atoms with van der Waals surface area (Å²) in [7, 11) is 0. The number of rotatable bonds is 5. The van der Waals surface area contributed by atoms with E-state index >= 15 is 0 Å². The van der Waals surface area contributed by atoms with E-state index in [1.165, 1.54) is 12.1 Å². The molecule has 118 valence electrons. The third-order valence-electron chi connectivity index (χ3n) is 3.11. The first-order chi connectivity index (χ1) is 9.76. The maximum atomic E-state index is 12.5. The summed E-state index contributed by atoms with van der Waals surface area (Å²) in [5.41, 5.74) is -2.14. The molecular formula is C13H17F3N2O3. The lowest BCUT2D eigenvalue weighted by atomic mass is 9.99. The first-order valence-corrected chi connectivity index (χ1v) is 6.24. The Hall–Kier alpha value is -1.80. The molecule has 4 N–H and O–H groups in total. The van der Waals surface area contributed by atoms with Crippen molar-refractivity contribution in [1.82, 2.24) is 5.32 Å². The quantitative estimate of drug-likeness (QED) is 0.671. The van der Waals surface area contributed by atoms with Crippen LogP contribution in [0.5, 0.6) is 0 Å². The average molecular weight is 306 g/mol. The summed E-state index contributed by atoms with van der Waals surface area (Å²) in [5, 5.41) is 23.0. The Morgan fingerprint density at radius 1 is 1.24 bits per heavy atom. The van der Waals surface area contributed by atoms with Crippen LogP contribution in [-0.2, 0) is 6.18 Å². The monoisotopic (exact) mass is 306 g/mol. The van der Waals surface area contributed by atoms with E-state index in [1.54, 1.807) is 6.92 Å². The number of amides is 2. The summed E-state index contributed by atoms with van der Waals surface area (Å²) in [4.78, 5) is 11.7. The van der Waals surface area contributed by atoms with Crippen LogP contribution in [0, 0.1) is 0 Å². The molecule has 0 aliphatic heterocycles. The van der Waals surface area contributed by atoms with Crippen LogP contribution < -0.4 is 10.6 Å². The Morgan fingerprint density at radius 2 is 1.86 bits per heavy atom.